The number of rotatable bonds is 5. The lowest BCUT2D eigenvalue weighted by Crippen LogP contribution is -2.31. The molecule has 0 saturated heterocycles. The van der Waals surface area contributed by atoms with Crippen molar-refractivity contribution in [2.24, 2.45) is 5.92 Å². The molecule has 2 unspecified atom stereocenters. The summed E-state index contributed by atoms with van der Waals surface area (Å²) < 4.78 is 16.0. The zero-order valence-corrected chi connectivity index (χ0v) is 18.8. The lowest BCUT2D eigenvalue weighted by Gasteiger charge is -2.18. The first-order chi connectivity index (χ1) is 14.4. The Balaban J connectivity index is 1.93. The van der Waals surface area contributed by atoms with Crippen LogP contribution in [0.1, 0.15) is 37.6 Å². The molecule has 2 heterocycles. The maximum Gasteiger partial charge on any atom is 0.267 e. The van der Waals surface area contributed by atoms with E-state index < -0.39 is 11.1 Å². The number of nitrogens with one attached hydrogen (secondary N) is 1. The minimum Gasteiger partial charge on any atom is -0.355 e. The fourth-order valence-electron chi connectivity index (χ4n) is 3.83. The molecule has 158 valence electrons. The molecule has 2 aromatic heterocycles. The van der Waals surface area contributed by atoms with Crippen LogP contribution in [0.25, 0.3) is 15.9 Å². The summed E-state index contributed by atoms with van der Waals surface area (Å²) in [5.41, 5.74) is 0.957. The molecule has 0 saturated carbocycles. The molecule has 1 amide bonds. The maximum atomic E-state index is 14.7. The molecular formula is C22H24FN3O2S2. The topological polar surface area (TPSA) is 64.0 Å². The van der Waals surface area contributed by atoms with Gasteiger partial charge >= 0.3 is 0 Å². The van der Waals surface area contributed by atoms with Gasteiger partial charge < -0.3 is 5.32 Å². The summed E-state index contributed by atoms with van der Waals surface area (Å²) in [6.07, 6.45) is 2.81. The summed E-state index contributed by atoms with van der Waals surface area (Å²) in [6, 6.07) is 6.19. The molecule has 3 aromatic rings. The van der Waals surface area contributed by atoms with E-state index in [2.05, 4.69) is 12.2 Å². The number of thiophene rings is 1. The second-order valence-corrected chi connectivity index (χ2v) is 10.1. The summed E-state index contributed by atoms with van der Waals surface area (Å²) in [6.45, 7) is 6.35. The third-order valence-corrected chi connectivity index (χ3v) is 7.59. The van der Waals surface area contributed by atoms with Crippen molar-refractivity contribution >= 4 is 39.2 Å². The summed E-state index contributed by atoms with van der Waals surface area (Å²) in [5.74, 6) is -0.0619. The summed E-state index contributed by atoms with van der Waals surface area (Å²) in [5, 5.41) is 3.25. The lowest BCUT2D eigenvalue weighted by atomic mass is 9.89. The van der Waals surface area contributed by atoms with Crippen molar-refractivity contribution in [1.29, 1.82) is 0 Å². The van der Waals surface area contributed by atoms with Gasteiger partial charge in [-0.05, 0) is 56.7 Å². The SMILES string of the molecule is CCNC(=O)C(C)Sc1nc2sc3c(c2c(=O)n1-c1ccccc1F)CCC(C)C3. The molecule has 30 heavy (non-hydrogen) atoms. The Morgan fingerprint density at radius 3 is 2.93 bits per heavy atom. The van der Waals surface area contributed by atoms with E-state index in [4.69, 9.17) is 4.98 Å². The number of nitrogens with zero attached hydrogens (tertiary/aromatic N) is 2. The Morgan fingerprint density at radius 1 is 1.43 bits per heavy atom. The average Bonchev–Trinajstić information content (AvgIpc) is 3.06. The molecular weight excluding hydrogens is 421 g/mol. The molecule has 1 aliphatic carbocycles. The van der Waals surface area contributed by atoms with E-state index in [0.717, 1.165) is 24.8 Å². The predicted octanol–water partition coefficient (Wildman–Crippen LogP) is 4.33. The Kier molecular flexibility index (Phi) is 5.97. The summed E-state index contributed by atoms with van der Waals surface area (Å²) in [7, 11) is 0. The van der Waals surface area contributed by atoms with Crippen LogP contribution in [0.3, 0.4) is 0 Å². The molecule has 0 spiro atoms. The summed E-state index contributed by atoms with van der Waals surface area (Å²) in [4.78, 5) is 32.6. The third-order valence-electron chi connectivity index (χ3n) is 5.39. The first kappa shape index (κ1) is 21.1. The van der Waals surface area contributed by atoms with E-state index in [1.807, 2.05) is 6.92 Å². The smallest absolute Gasteiger partial charge is 0.267 e. The van der Waals surface area contributed by atoms with Crippen LogP contribution in [0.5, 0.6) is 0 Å². The van der Waals surface area contributed by atoms with Crippen molar-refractivity contribution < 1.29 is 9.18 Å². The van der Waals surface area contributed by atoms with Gasteiger partial charge in [-0.1, -0.05) is 30.8 Å². The van der Waals surface area contributed by atoms with Crippen LogP contribution in [0.15, 0.2) is 34.2 Å². The van der Waals surface area contributed by atoms with Crippen LogP contribution in [0.2, 0.25) is 0 Å². The fraction of sp³-hybridized carbons (Fsp3) is 0.409. The van der Waals surface area contributed by atoms with Crippen molar-refractivity contribution in [1.82, 2.24) is 14.9 Å². The molecule has 0 bridgehead atoms. The van der Waals surface area contributed by atoms with Crippen molar-refractivity contribution in [3.63, 3.8) is 0 Å². The van der Waals surface area contributed by atoms with Gasteiger partial charge in [-0.25, -0.2) is 9.37 Å². The number of aromatic nitrogens is 2. The lowest BCUT2D eigenvalue weighted by molar-refractivity contribution is -0.120. The quantitative estimate of drug-likeness (QED) is 0.469. The van der Waals surface area contributed by atoms with Gasteiger partial charge in [0.15, 0.2) is 5.16 Å². The summed E-state index contributed by atoms with van der Waals surface area (Å²) >= 11 is 2.73. The van der Waals surface area contributed by atoms with E-state index in [1.54, 1.807) is 36.5 Å². The van der Waals surface area contributed by atoms with E-state index in [1.165, 1.54) is 27.3 Å². The van der Waals surface area contributed by atoms with Gasteiger partial charge in [-0.2, -0.15) is 0 Å². The van der Waals surface area contributed by atoms with Crippen molar-refractivity contribution in [3.05, 3.63) is 50.9 Å². The largest absolute Gasteiger partial charge is 0.355 e. The van der Waals surface area contributed by atoms with E-state index in [-0.39, 0.29) is 17.2 Å². The Bertz CT molecular complexity index is 1170. The van der Waals surface area contributed by atoms with Crippen molar-refractivity contribution in [2.45, 2.75) is 50.4 Å². The van der Waals surface area contributed by atoms with Crippen LogP contribution < -0.4 is 10.9 Å². The normalized spacial score (nSPS) is 17.0. The third kappa shape index (κ3) is 3.78. The number of thioether (sulfide) groups is 1. The standard InChI is InChI=1S/C22H24FN3O2S2/c1-4-24-19(27)13(3)29-22-25-20-18(14-10-9-12(2)11-17(14)30-20)21(28)26(22)16-8-6-5-7-15(16)23/h5-8,12-13H,4,9-11H2,1-3H3,(H,24,27). The molecule has 0 fully saturated rings. The van der Waals surface area contributed by atoms with Gasteiger partial charge in [-0.15, -0.1) is 11.3 Å². The van der Waals surface area contributed by atoms with Gasteiger partial charge in [-0.3, -0.25) is 14.2 Å². The van der Waals surface area contributed by atoms with Gasteiger partial charge in [0.2, 0.25) is 5.91 Å². The van der Waals surface area contributed by atoms with E-state index >= 15 is 0 Å². The number of hydrogen-bond donors (Lipinski definition) is 1. The number of amides is 1. The van der Waals surface area contributed by atoms with Crippen LogP contribution in [-0.2, 0) is 17.6 Å². The Morgan fingerprint density at radius 2 is 2.20 bits per heavy atom. The fourth-order valence-corrected chi connectivity index (χ4v) is 6.19. The van der Waals surface area contributed by atoms with Gasteiger partial charge in [0.1, 0.15) is 10.6 Å². The molecule has 4 rings (SSSR count). The van der Waals surface area contributed by atoms with Crippen LogP contribution in [0.4, 0.5) is 4.39 Å². The van der Waals surface area contributed by atoms with E-state index in [0.29, 0.717) is 27.8 Å². The number of para-hydroxylation sites is 1. The highest BCUT2D eigenvalue weighted by molar-refractivity contribution is 8.00. The van der Waals surface area contributed by atoms with Crippen molar-refractivity contribution in [2.75, 3.05) is 6.54 Å². The number of benzene rings is 1. The number of hydrogen-bond acceptors (Lipinski definition) is 5. The number of fused-ring (bicyclic) bond motifs is 3. The number of aryl methyl sites for hydroxylation is 1. The number of carbonyl (C=O) groups excluding carboxylic acids is 1. The first-order valence-corrected chi connectivity index (χ1v) is 11.9. The van der Waals surface area contributed by atoms with Gasteiger partial charge in [0.05, 0.1) is 16.3 Å². The molecule has 1 aliphatic rings. The minimum atomic E-state index is -0.494. The van der Waals surface area contributed by atoms with Crippen LogP contribution >= 0.6 is 23.1 Å². The van der Waals surface area contributed by atoms with Crippen LogP contribution in [0, 0.1) is 11.7 Å². The van der Waals surface area contributed by atoms with Gasteiger partial charge in [0, 0.05) is 11.4 Å². The molecule has 0 aliphatic heterocycles. The maximum absolute atomic E-state index is 14.7. The minimum absolute atomic E-state index is 0.142. The number of halogens is 1. The first-order valence-electron chi connectivity index (χ1n) is 10.2. The molecule has 8 heteroatoms. The van der Waals surface area contributed by atoms with Crippen LogP contribution in [-0.4, -0.2) is 27.3 Å². The zero-order valence-electron chi connectivity index (χ0n) is 17.2. The molecule has 1 aromatic carbocycles. The molecule has 5 nitrogen and oxygen atoms in total. The highest BCUT2D eigenvalue weighted by Gasteiger charge is 2.27. The number of carbonyl (C=O) groups is 1. The second-order valence-electron chi connectivity index (χ2n) is 7.67. The highest BCUT2D eigenvalue weighted by Crippen LogP contribution is 2.37. The molecule has 0 radical (unpaired) electrons. The van der Waals surface area contributed by atoms with Crippen molar-refractivity contribution in [3.8, 4) is 5.69 Å². The second kappa shape index (κ2) is 8.51. The Labute approximate surface area is 182 Å². The average molecular weight is 446 g/mol. The van der Waals surface area contributed by atoms with Gasteiger partial charge in [0.25, 0.3) is 5.56 Å². The monoisotopic (exact) mass is 445 g/mol. The van der Waals surface area contributed by atoms with E-state index in [9.17, 15) is 14.0 Å². The highest BCUT2D eigenvalue weighted by atomic mass is 32.2. The predicted molar refractivity (Wildman–Crippen MR) is 120 cm³/mol. The molecule has 1 N–H and O–H groups in total. The zero-order chi connectivity index (χ0) is 21.4. The Hall–Kier alpha value is -2.19. The molecule has 2 atom stereocenters.